The topological polar surface area (TPSA) is 182 Å². The van der Waals surface area contributed by atoms with Crippen LogP contribution < -0.4 is 22.3 Å². The van der Waals surface area contributed by atoms with Crippen LogP contribution in [0.3, 0.4) is 0 Å². The van der Waals surface area contributed by atoms with Crippen molar-refractivity contribution in [3.05, 3.63) is 154 Å². The van der Waals surface area contributed by atoms with E-state index < -0.39 is 29.5 Å². The number of hydrogen-bond donors (Lipinski definition) is 3. The summed E-state index contributed by atoms with van der Waals surface area (Å²) in [5, 5.41) is 14.0. The zero-order valence-electron chi connectivity index (χ0n) is 32.4. The molecule has 3 aromatic carbocycles. The third kappa shape index (κ3) is 6.87. The molecule has 294 valence electrons. The third-order valence-corrected chi connectivity index (χ3v) is 11.0. The number of aryl methyl sites for hydroxylation is 1. The summed E-state index contributed by atoms with van der Waals surface area (Å²) in [6.45, 7) is 1.96. The standard InChI is InChI=1S/C45H40N10O4/c1-28(50-42(56)39-40(47)51-53-21-9-20-48-41(39)53)37-23-31-11-8-10-30(38(31)43(57)55(37)33-12-4-3-5-13-33)17-16-29-24-49-54(25-29)45(18-19-45)27-59-44(58)35(46)22-32-26-52(2)36-15-7-6-14-34(32)36/h3-15,20-21,23-26,28,35H,18-19,22,27,46H2,1-2H3,(H2,47,51)(H,50,56)/t28-,35+/m0/s1. The first kappa shape index (κ1) is 37.1. The van der Waals surface area contributed by atoms with Crippen molar-refractivity contribution in [2.45, 2.75) is 43.8 Å². The number of fused-ring (bicyclic) bond motifs is 3. The van der Waals surface area contributed by atoms with Gasteiger partial charge < -0.3 is 26.1 Å². The molecule has 0 spiro atoms. The van der Waals surface area contributed by atoms with E-state index in [4.69, 9.17) is 16.2 Å². The summed E-state index contributed by atoms with van der Waals surface area (Å²) in [7, 11) is 1.97. The Labute approximate surface area is 338 Å². The lowest BCUT2D eigenvalue weighted by Gasteiger charge is -2.21. The molecule has 1 aliphatic rings. The van der Waals surface area contributed by atoms with E-state index in [0.29, 0.717) is 45.3 Å². The van der Waals surface area contributed by atoms with Crippen molar-refractivity contribution in [2.75, 3.05) is 12.3 Å². The van der Waals surface area contributed by atoms with E-state index in [1.165, 1.54) is 4.52 Å². The number of nitrogens with two attached hydrogens (primary N) is 2. The maximum atomic E-state index is 14.6. The van der Waals surface area contributed by atoms with Gasteiger partial charge >= 0.3 is 5.97 Å². The molecule has 1 aliphatic carbocycles. The highest BCUT2D eigenvalue weighted by Crippen LogP contribution is 2.43. The smallest absolute Gasteiger partial charge is 0.323 e. The van der Waals surface area contributed by atoms with Gasteiger partial charge in [0.1, 0.15) is 18.2 Å². The number of benzene rings is 3. The lowest BCUT2D eigenvalue weighted by Crippen LogP contribution is -2.37. The number of aromatic nitrogens is 7. The van der Waals surface area contributed by atoms with Gasteiger partial charge in [0.2, 0.25) is 0 Å². The highest BCUT2D eigenvalue weighted by Gasteiger charge is 2.47. The largest absolute Gasteiger partial charge is 0.462 e. The van der Waals surface area contributed by atoms with E-state index in [9.17, 15) is 14.4 Å². The van der Waals surface area contributed by atoms with Gasteiger partial charge in [-0.1, -0.05) is 60.4 Å². The Bertz CT molecular complexity index is 3050. The number of ether oxygens (including phenoxy) is 1. The molecule has 14 heteroatoms. The minimum absolute atomic E-state index is 0.0464. The number of nitrogens with one attached hydrogen (secondary N) is 1. The van der Waals surface area contributed by atoms with Gasteiger partial charge in [-0.2, -0.15) is 5.10 Å². The average Bonchev–Trinajstić information content (AvgIpc) is 3.56. The number of hydrogen-bond acceptors (Lipinski definition) is 9. The van der Waals surface area contributed by atoms with Crippen molar-refractivity contribution in [1.82, 2.24) is 38.8 Å². The van der Waals surface area contributed by atoms with Crippen molar-refractivity contribution < 1.29 is 14.3 Å². The van der Waals surface area contributed by atoms with E-state index >= 15 is 0 Å². The first-order chi connectivity index (χ1) is 28.6. The molecule has 5 aromatic heterocycles. The molecule has 1 saturated carbocycles. The lowest BCUT2D eigenvalue weighted by atomic mass is 10.0. The van der Waals surface area contributed by atoms with Gasteiger partial charge in [0.25, 0.3) is 11.5 Å². The van der Waals surface area contributed by atoms with Crippen molar-refractivity contribution in [2.24, 2.45) is 12.8 Å². The molecule has 1 fully saturated rings. The molecule has 5 N–H and O–H groups in total. The zero-order valence-corrected chi connectivity index (χ0v) is 32.4. The number of rotatable bonds is 10. The van der Waals surface area contributed by atoms with E-state index in [0.717, 1.165) is 29.3 Å². The summed E-state index contributed by atoms with van der Waals surface area (Å²) in [6.07, 6.45) is 10.7. The SMILES string of the molecule is C[C@H](NC(=O)c1c(N)nn2cccnc12)c1cc2cccc(C#Cc3cnn(C4(COC(=O)[C@H](N)Cc5cn(C)c6ccccc56)CC4)c3)c2c(=O)n1-c1ccccc1. The highest BCUT2D eigenvalue weighted by molar-refractivity contribution is 6.04. The van der Waals surface area contributed by atoms with Crippen LogP contribution in [0.4, 0.5) is 5.82 Å². The van der Waals surface area contributed by atoms with Gasteiger partial charge in [-0.05, 0) is 67.1 Å². The first-order valence-electron chi connectivity index (χ1n) is 19.3. The third-order valence-electron chi connectivity index (χ3n) is 11.0. The molecule has 5 heterocycles. The fourth-order valence-electron chi connectivity index (χ4n) is 7.70. The van der Waals surface area contributed by atoms with Crippen LogP contribution in [0.25, 0.3) is 33.0 Å². The normalized spacial score (nSPS) is 14.2. The molecule has 59 heavy (non-hydrogen) atoms. The van der Waals surface area contributed by atoms with E-state index in [2.05, 4.69) is 32.3 Å². The number of carbonyl (C=O) groups is 2. The molecular formula is C45H40N10O4. The van der Waals surface area contributed by atoms with Crippen molar-refractivity contribution >= 4 is 45.0 Å². The quantitative estimate of drug-likeness (QED) is 0.130. The summed E-state index contributed by atoms with van der Waals surface area (Å²) in [4.78, 5) is 45.6. The fourth-order valence-corrected chi connectivity index (χ4v) is 7.70. The van der Waals surface area contributed by atoms with E-state index in [1.54, 1.807) is 29.2 Å². The molecule has 14 nitrogen and oxygen atoms in total. The van der Waals surface area contributed by atoms with E-state index in [1.807, 2.05) is 114 Å². The Morgan fingerprint density at radius 2 is 1.80 bits per heavy atom. The molecule has 9 rings (SSSR count). The number of pyridine rings is 1. The number of nitrogens with zero attached hydrogens (tertiary/aromatic N) is 7. The fraction of sp³-hybridized carbons (Fsp3) is 0.200. The summed E-state index contributed by atoms with van der Waals surface area (Å²) >= 11 is 0. The molecule has 0 unspecified atom stereocenters. The maximum absolute atomic E-state index is 14.6. The van der Waals surface area contributed by atoms with Crippen LogP contribution in [0, 0.1) is 11.8 Å². The van der Waals surface area contributed by atoms with Crippen LogP contribution in [0.1, 0.15) is 58.5 Å². The van der Waals surface area contributed by atoms with Gasteiger partial charge in [-0.15, -0.1) is 5.10 Å². The number of amides is 1. The van der Waals surface area contributed by atoms with Crippen LogP contribution in [0.5, 0.6) is 0 Å². The van der Waals surface area contributed by atoms with Crippen LogP contribution in [-0.4, -0.2) is 58.0 Å². The van der Waals surface area contributed by atoms with Crippen molar-refractivity contribution in [1.29, 1.82) is 0 Å². The summed E-state index contributed by atoms with van der Waals surface area (Å²) in [5.41, 5.74) is 16.6. The molecule has 8 aromatic rings. The second-order valence-corrected chi connectivity index (χ2v) is 15.0. The molecular weight excluding hydrogens is 745 g/mol. The van der Waals surface area contributed by atoms with Crippen LogP contribution in [-0.2, 0) is 28.5 Å². The number of carbonyl (C=O) groups excluding carboxylic acids is 2. The number of anilines is 1. The monoisotopic (exact) mass is 784 g/mol. The Hall–Kier alpha value is -7.50. The average molecular weight is 785 g/mol. The molecule has 0 saturated heterocycles. The Kier molecular flexibility index (Phi) is 9.29. The second-order valence-electron chi connectivity index (χ2n) is 15.0. The maximum Gasteiger partial charge on any atom is 0.323 e. The predicted octanol–water partition coefficient (Wildman–Crippen LogP) is 4.80. The molecule has 0 radical (unpaired) electrons. The molecule has 1 amide bonds. The van der Waals surface area contributed by atoms with Gasteiger partial charge in [0, 0.05) is 66.1 Å². The number of para-hydroxylation sites is 2. The second kappa shape index (κ2) is 14.8. The lowest BCUT2D eigenvalue weighted by molar-refractivity contribution is -0.146. The summed E-state index contributed by atoms with van der Waals surface area (Å²) in [5.74, 6) is 5.53. The van der Waals surface area contributed by atoms with Gasteiger partial charge in [-0.25, -0.2) is 9.50 Å². The Morgan fingerprint density at radius 1 is 1.00 bits per heavy atom. The van der Waals surface area contributed by atoms with Crippen LogP contribution in [0.2, 0.25) is 0 Å². The number of esters is 1. The summed E-state index contributed by atoms with van der Waals surface area (Å²) < 4.78 is 12.7. The highest BCUT2D eigenvalue weighted by atomic mass is 16.5. The Morgan fingerprint density at radius 3 is 2.61 bits per heavy atom. The van der Waals surface area contributed by atoms with Crippen molar-refractivity contribution in [3.63, 3.8) is 0 Å². The minimum atomic E-state index is -0.805. The summed E-state index contributed by atoms with van der Waals surface area (Å²) in [6, 6.07) is 24.9. The van der Waals surface area contributed by atoms with E-state index in [-0.39, 0.29) is 23.5 Å². The van der Waals surface area contributed by atoms with Gasteiger partial charge in [0.15, 0.2) is 11.5 Å². The Balaban J connectivity index is 0.955. The van der Waals surface area contributed by atoms with Crippen LogP contribution >= 0.6 is 0 Å². The first-order valence-corrected chi connectivity index (χ1v) is 19.3. The van der Waals surface area contributed by atoms with Crippen LogP contribution in [0.15, 0.2) is 121 Å². The number of nitrogen functional groups attached to an aromatic ring is 1. The van der Waals surface area contributed by atoms with Gasteiger partial charge in [-0.3, -0.25) is 23.6 Å². The van der Waals surface area contributed by atoms with Gasteiger partial charge in [0.05, 0.1) is 28.7 Å². The molecule has 0 aliphatic heterocycles. The zero-order chi connectivity index (χ0) is 40.8. The minimum Gasteiger partial charge on any atom is -0.462 e. The predicted molar refractivity (Wildman–Crippen MR) is 224 cm³/mol. The van der Waals surface area contributed by atoms with Crippen molar-refractivity contribution in [3.8, 4) is 17.5 Å². The molecule has 2 atom stereocenters. The molecule has 0 bridgehead atoms.